The lowest BCUT2D eigenvalue weighted by Gasteiger charge is -2.31. The second-order valence-electron chi connectivity index (χ2n) is 4.79. The van der Waals surface area contributed by atoms with E-state index in [0.29, 0.717) is 23.6 Å². The van der Waals surface area contributed by atoms with Gasteiger partial charge in [-0.2, -0.15) is 0 Å². The fraction of sp³-hybridized carbons (Fsp3) is 0.538. The lowest BCUT2D eigenvalue weighted by atomic mass is 10.0. The van der Waals surface area contributed by atoms with Gasteiger partial charge in [0, 0.05) is 6.04 Å². The number of furan rings is 1. The maximum atomic E-state index is 5.62. The van der Waals surface area contributed by atoms with Gasteiger partial charge in [-0.1, -0.05) is 6.42 Å². The van der Waals surface area contributed by atoms with Crippen molar-refractivity contribution in [2.75, 3.05) is 6.54 Å². The minimum atomic E-state index is 0.458. The minimum absolute atomic E-state index is 0.458. The highest BCUT2D eigenvalue weighted by molar-refractivity contribution is 5.42. The number of piperidine rings is 1. The third-order valence-electron chi connectivity index (χ3n) is 3.48. The molecule has 0 aromatic carbocycles. The van der Waals surface area contributed by atoms with Crippen molar-refractivity contribution in [1.82, 2.24) is 15.1 Å². The van der Waals surface area contributed by atoms with Gasteiger partial charge in [0.25, 0.3) is 5.89 Å². The predicted octanol–water partition coefficient (Wildman–Crippen LogP) is 2.70. The fourth-order valence-electron chi connectivity index (χ4n) is 2.38. The van der Waals surface area contributed by atoms with Gasteiger partial charge in [-0.05, 0) is 38.4 Å². The molecule has 3 heterocycles. The molecular weight excluding hydrogens is 230 g/mol. The first-order chi connectivity index (χ1) is 8.83. The van der Waals surface area contributed by atoms with Crippen LogP contribution in [0.25, 0.3) is 11.7 Å². The van der Waals surface area contributed by atoms with Gasteiger partial charge in [-0.25, -0.2) is 0 Å². The normalized spacial score (nSPS) is 21.3. The van der Waals surface area contributed by atoms with Crippen molar-refractivity contribution in [3.05, 3.63) is 24.3 Å². The van der Waals surface area contributed by atoms with Gasteiger partial charge in [0.15, 0.2) is 5.76 Å². The molecule has 0 saturated carbocycles. The molecule has 1 atom stereocenters. The van der Waals surface area contributed by atoms with Crippen LogP contribution in [0, 0.1) is 0 Å². The van der Waals surface area contributed by atoms with E-state index in [9.17, 15) is 0 Å². The van der Waals surface area contributed by atoms with Crippen LogP contribution in [0.1, 0.15) is 32.1 Å². The van der Waals surface area contributed by atoms with E-state index in [1.54, 1.807) is 6.26 Å². The highest BCUT2D eigenvalue weighted by Crippen LogP contribution is 2.21. The highest BCUT2D eigenvalue weighted by Gasteiger charge is 2.21. The molecule has 18 heavy (non-hydrogen) atoms. The maximum Gasteiger partial charge on any atom is 0.283 e. The van der Waals surface area contributed by atoms with E-state index in [1.165, 1.54) is 19.3 Å². The standard InChI is InChI=1S/C13H17N3O2/c1-10-5-2-3-7-16(10)9-12-14-15-13(18-12)11-6-4-8-17-11/h4,6,8,10H,2-3,5,7,9H2,1H3. The first-order valence-corrected chi connectivity index (χ1v) is 6.43. The Hall–Kier alpha value is -1.62. The zero-order chi connectivity index (χ0) is 12.4. The topological polar surface area (TPSA) is 55.3 Å². The molecule has 1 aliphatic heterocycles. The fourth-order valence-corrected chi connectivity index (χ4v) is 2.38. The van der Waals surface area contributed by atoms with Gasteiger partial charge < -0.3 is 8.83 Å². The zero-order valence-electron chi connectivity index (χ0n) is 10.5. The lowest BCUT2D eigenvalue weighted by Crippen LogP contribution is -2.36. The molecule has 5 heteroatoms. The number of aromatic nitrogens is 2. The van der Waals surface area contributed by atoms with Crippen LogP contribution >= 0.6 is 0 Å². The average Bonchev–Trinajstić information content (AvgIpc) is 3.02. The van der Waals surface area contributed by atoms with Crippen LogP contribution in [-0.4, -0.2) is 27.7 Å². The number of rotatable bonds is 3. The molecular formula is C13H17N3O2. The van der Waals surface area contributed by atoms with Crippen LogP contribution in [0.15, 0.2) is 27.2 Å². The summed E-state index contributed by atoms with van der Waals surface area (Å²) in [5.74, 6) is 1.75. The predicted molar refractivity (Wildman–Crippen MR) is 65.7 cm³/mol. The van der Waals surface area contributed by atoms with Crippen LogP contribution in [0.2, 0.25) is 0 Å². The van der Waals surface area contributed by atoms with Gasteiger partial charge >= 0.3 is 0 Å². The molecule has 0 bridgehead atoms. The van der Waals surface area contributed by atoms with Crippen molar-refractivity contribution in [1.29, 1.82) is 0 Å². The van der Waals surface area contributed by atoms with Crippen molar-refractivity contribution in [3.63, 3.8) is 0 Å². The summed E-state index contributed by atoms with van der Waals surface area (Å²) >= 11 is 0. The Bertz CT molecular complexity index is 492. The Labute approximate surface area is 106 Å². The molecule has 96 valence electrons. The number of hydrogen-bond donors (Lipinski definition) is 0. The molecule has 5 nitrogen and oxygen atoms in total. The van der Waals surface area contributed by atoms with Crippen LogP contribution in [-0.2, 0) is 6.54 Å². The molecule has 2 aromatic heterocycles. The first kappa shape index (κ1) is 11.5. The number of nitrogens with zero attached hydrogens (tertiary/aromatic N) is 3. The molecule has 0 radical (unpaired) electrons. The van der Waals surface area contributed by atoms with E-state index in [2.05, 4.69) is 22.0 Å². The highest BCUT2D eigenvalue weighted by atomic mass is 16.4. The van der Waals surface area contributed by atoms with Gasteiger partial charge in [-0.3, -0.25) is 4.90 Å². The molecule has 0 spiro atoms. The summed E-state index contributed by atoms with van der Waals surface area (Å²) in [5.41, 5.74) is 0. The second-order valence-corrected chi connectivity index (χ2v) is 4.79. The summed E-state index contributed by atoms with van der Waals surface area (Å²) in [6.45, 7) is 4.09. The Morgan fingerprint density at radius 2 is 2.33 bits per heavy atom. The SMILES string of the molecule is CC1CCCCN1Cc1nnc(-c2ccco2)o1. The molecule has 1 unspecified atom stereocenters. The molecule has 2 aromatic rings. The summed E-state index contributed by atoms with van der Waals surface area (Å²) in [5, 5.41) is 8.09. The van der Waals surface area contributed by atoms with Gasteiger partial charge in [-0.15, -0.1) is 10.2 Å². The monoisotopic (exact) mass is 247 g/mol. The van der Waals surface area contributed by atoms with E-state index in [1.807, 2.05) is 12.1 Å². The third-order valence-corrected chi connectivity index (χ3v) is 3.48. The second kappa shape index (κ2) is 4.94. The molecule has 1 aliphatic rings. The number of hydrogen-bond acceptors (Lipinski definition) is 5. The lowest BCUT2D eigenvalue weighted by molar-refractivity contribution is 0.139. The van der Waals surface area contributed by atoms with Crippen molar-refractivity contribution < 1.29 is 8.83 Å². The van der Waals surface area contributed by atoms with Crippen molar-refractivity contribution in [2.24, 2.45) is 0 Å². The zero-order valence-corrected chi connectivity index (χ0v) is 10.5. The summed E-state index contributed by atoms with van der Waals surface area (Å²) in [6, 6.07) is 4.23. The molecule has 0 N–H and O–H groups in total. The summed E-state index contributed by atoms with van der Waals surface area (Å²) in [6.07, 6.45) is 5.42. The summed E-state index contributed by atoms with van der Waals surface area (Å²) < 4.78 is 10.9. The molecule has 3 rings (SSSR count). The Kier molecular flexibility index (Phi) is 3.15. The Morgan fingerprint density at radius 1 is 1.39 bits per heavy atom. The maximum absolute atomic E-state index is 5.62. The van der Waals surface area contributed by atoms with Crippen molar-refractivity contribution in [3.8, 4) is 11.7 Å². The van der Waals surface area contributed by atoms with E-state index in [-0.39, 0.29) is 0 Å². The molecule has 0 aliphatic carbocycles. The quantitative estimate of drug-likeness (QED) is 0.834. The van der Waals surface area contributed by atoms with Crippen LogP contribution in [0.4, 0.5) is 0 Å². The van der Waals surface area contributed by atoms with E-state index in [0.717, 1.165) is 13.1 Å². The van der Waals surface area contributed by atoms with Crippen LogP contribution < -0.4 is 0 Å². The van der Waals surface area contributed by atoms with Crippen molar-refractivity contribution in [2.45, 2.75) is 38.8 Å². The van der Waals surface area contributed by atoms with Crippen LogP contribution in [0.3, 0.4) is 0 Å². The molecule has 0 amide bonds. The number of likely N-dealkylation sites (tertiary alicyclic amines) is 1. The van der Waals surface area contributed by atoms with Gasteiger partial charge in [0.05, 0.1) is 12.8 Å². The van der Waals surface area contributed by atoms with Crippen LogP contribution in [0.5, 0.6) is 0 Å². The third kappa shape index (κ3) is 2.31. The smallest absolute Gasteiger partial charge is 0.283 e. The first-order valence-electron chi connectivity index (χ1n) is 6.43. The van der Waals surface area contributed by atoms with Gasteiger partial charge in [0.1, 0.15) is 0 Å². The Morgan fingerprint density at radius 3 is 3.11 bits per heavy atom. The largest absolute Gasteiger partial charge is 0.459 e. The van der Waals surface area contributed by atoms with E-state index < -0.39 is 0 Å². The summed E-state index contributed by atoms with van der Waals surface area (Å²) in [7, 11) is 0. The van der Waals surface area contributed by atoms with Crippen molar-refractivity contribution >= 4 is 0 Å². The van der Waals surface area contributed by atoms with E-state index >= 15 is 0 Å². The average molecular weight is 247 g/mol. The molecule has 1 saturated heterocycles. The summed E-state index contributed by atoms with van der Waals surface area (Å²) in [4.78, 5) is 2.39. The van der Waals surface area contributed by atoms with E-state index in [4.69, 9.17) is 8.83 Å². The van der Waals surface area contributed by atoms with Gasteiger partial charge in [0.2, 0.25) is 5.89 Å². The minimum Gasteiger partial charge on any atom is -0.459 e. The Balaban J connectivity index is 1.70. The molecule has 1 fully saturated rings.